The third-order valence-electron chi connectivity index (χ3n) is 4.59. The van der Waals surface area contributed by atoms with E-state index in [4.69, 9.17) is 22.1 Å². The number of carboxylic acids is 1. The second-order valence-corrected chi connectivity index (χ2v) is 6.99. The number of nitrogens with zero attached hydrogens (tertiary/aromatic N) is 3. The molecule has 0 amide bonds. The van der Waals surface area contributed by atoms with Crippen LogP contribution in [-0.2, 0) is 16.1 Å². The van der Waals surface area contributed by atoms with Crippen molar-refractivity contribution in [1.29, 1.82) is 0 Å². The molecule has 3 rings (SSSR count). The smallest absolute Gasteiger partial charge is 0.306 e. The van der Waals surface area contributed by atoms with Crippen LogP contribution >= 0.6 is 11.6 Å². The van der Waals surface area contributed by atoms with Gasteiger partial charge in [-0.05, 0) is 24.6 Å². The van der Waals surface area contributed by atoms with Crippen LogP contribution in [0.3, 0.4) is 0 Å². The van der Waals surface area contributed by atoms with Crippen molar-refractivity contribution in [3.63, 3.8) is 0 Å². The number of aromatic nitrogens is 3. The van der Waals surface area contributed by atoms with E-state index < -0.39 is 12.1 Å². The van der Waals surface area contributed by atoms with Crippen LogP contribution in [0, 0.1) is 5.92 Å². The largest absolute Gasteiger partial charge is 0.481 e. The van der Waals surface area contributed by atoms with Gasteiger partial charge in [-0.25, -0.2) is 0 Å². The number of benzene rings is 1. The number of allylic oxidation sites excluding steroid dienone is 1. The summed E-state index contributed by atoms with van der Waals surface area (Å²) in [5.41, 5.74) is 7.52. The van der Waals surface area contributed by atoms with Crippen LogP contribution in [0.4, 0.5) is 0 Å². The molecule has 2 aromatic rings. The topological polar surface area (TPSA) is 103 Å². The average Bonchev–Trinajstić information content (AvgIpc) is 3.01. The maximum absolute atomic E-state index is 11.4. The van der Waals surface area contributed by atoms with Crippen molar-refractivity contribution in [2.24, 2.45) is 11.7 Å². The second kappa shape index (κ2) is 8.21. The Hall–Kier alpha value is -2.22. The van der Waals surface area contributed by atoms with E-state index >= 15 is 0 Å². The first-order valence-corrected chi connectivity index (χ1v) is 9.32. The minimum absolute atomic E-state index is 0.0114. The average molecular weight is 391 g/mol. The van der Waals surface area contributed by atoms with E-state index in [1.54, 1.807) is 10.6 Å². The van der Waals surface area contributed by atoms with Gasteiger partial charge in [-0.2, -0.15) is 0 Å². The predicted octanol–water partition coefficient (Wildman–Crippen LogP) is 3.57. The molecule has 3 unspecified atom stereocenters. The SMILES string of the molecule is CC/C=C\C(C)C1OC(CC(=O)O)c2nnc(CN)n2-c2ccc(Cl)cc21. The molecule has 0 saturated heterocycles. The summed E-state index contributed by atoms with van der Waals surface area (Å²) in [4.78, 5) is 11.4. The summed E-state index contributed by atoms with van der Waals surface area (Å²) < 4.78 is 8.09. The molecule has 144 valence electrons. The van der Waals surface area contributed by atoms with E-state index in [2.05, 4.69) is 29.3 Å². The van der Waals surface area contributed by atoms with E-state index in [0.717, 1.165) is 17.7 Å². The predicted molar refractivity (Wildman–Crippen MR) is 102 cm³/mol. The highest BCUT2D eigenvalue weighted by molar-refractivity contribution is 6.30. The molecule has 0 radical (unpaired) electrons. The summed E-state index contributed by atoms with van der Waals surface area (Å²) in [6, 6.07) is 5.51. The Labute approximate surface area is 162 Å². The Morgan fingerprint density at radius 2 is 2.26 bits per heavy atom. The molecule has 27 heavy (non-hydrogen) atoms. The molecular weight excluding hydrogens is 368 g/mol. The molecule has 3 N–H and O–H groups in total. The summed E-state index contributed by atoms with van der Waals surface area (Å²) in [5.74, 6) is 0.0289. The maximum atomic E-state index is 11.4. The second-order valence-electron chi connectivity index (χ2n) is 6.56. The maximum Gasteiger partial charge on any atom is 0.306 e. The van der Waals surface area contributed by atoms with Gasteiger partial charge in [0.1, 0.15) is 6.10 Å². The Balaban J connectivity index is 2.20. The fourth-order valence-electron chi connectivity index (χ4n) is 3.36. The summed E-state index contributed by atoms with van der Waals surface area (Å²) in [6.45, 7) is 4.27. The van der Waals surface area contributed by atoms with E-state index in [-0.39, 0.29) is 25.0 Å². The third-order valence-corrected chi connectivity index (χ3v) is 4.82. The minimum Gasteiger partial charge on any atom is -0.481 e. The fraction of sp³-hybridized carbons (Fsp3) is 0.421. The van der Waals surface area contributed by atoms with Crippen LogP contribution in [0.1, 0.15) is 56.1 Å². The molecule has 0 saturated carbocycles. The summed E-state index contributed by atoms with van der Waals surface area (Å²) in [5, 5.41) is 18.3. The quantitative estimate of drug-likeness (QED) is 0.731. The van der Waals surface area contributed by atoms with Gasteiger partial charge in [-0.1, -0.05) is 37.6 Å². The van der Waals surface area contributed by atoms with E-state index in [9.17, 15) is 9.90 Å². The number of hydrogen-bond donors (Lipinski definition) is 2. The third kappa shape index (κ3) is 3.90. The number of halogens is 1. The molecule has 3 atom stereocenters. The first kappa shape index (κ1) is 19.5. The molecule has 7 nitrogen and oxygen atoms in total. The summed E-state index contributed by atoms with van der Waals surface area (Å²) >= 11 is 6.27. The van der Waals surface area contributed by atoms with Crippen molar-refractivity contribution >= 4 is 17.6 Å². The van der Waals surface area contributed by atoms with Crippen LogP contribution in [-0.4, -0.2) is 25.8 Å². The lowest BCUT2D eigenvalue weighted by Gasteiger charge is -2.25. The number of fused-ring (bicyclic) bond motifs is 3. The van der Waals surface area contributed by atoms with Crippen LogP contribution in [0.5, 0.6) is 0 Å². The van der Waals surface area contributed by atoms with Gasteiger partial charge in [0.25, 0.3) is 0 Å². The number of ether oxygens (including phenoxy) is 1. The van der Waals surface area contributed by atoms with E-state index in [1.807, 2.05) is 19.1 Å². The van der Waals surface area contributed by atoms with Crippen molar-refractivity contribution in [2.75, 3.05) is 0 Å². The van der Waals surface area contributed by atoms with Gasteiger partial charge in [-0.15, -0.1) is 10.2 Å². The van der Waals surface area contributed by atoms with Gasteiger partial charge in [0.15, 0.2) is 11.6 Å². The highest BCUT2D eigenvalue weighted by Gasteiger charge is 2.35. The van der Waals surface area contributed by atoms with E-state index in [1.165, 1.54) is 0 Å². The number of rotatable bonds is 6. The van der Waals surface area contributed by atoms with Gasteiger partial charge in [-0.3, -0.25) is 9.36 Å². The molecule has 1 aliphatic rings. The molecule has 0 spiro atoms. The van der Waals surface area contributed by atoms with Crippen molar-refractivity contribution < 1.29 is 14.6 Å². The molecule has 0 aliphatic carbocycles. The molecule has 1 aromatic heterocycles. The van der Waals surface area contributed by atoms with Gasteiger partial charge in [0.05, 0.1) is 24.8 Å². The molecule has 0 bridgehead atoms. The summed E-state index contributed by atoms with van der Waals surface area (Å²) in [7, 11) is 0. The monoisotopic (exact) mass is 390 g/mol. The van der Waals surface area contributed by atoms with Crippen LogP contribution < -0.4 is 5.73 Å². The fourth-order valence-corrected chi connectivity index (χ4v) is 3.54. The van der Waals surface area contributed by atoms with E-state index in [0.29, 0.717) is 16.7 Å². The number of carboxylic acid groups (broad SMARTS) is 1. The molecule has 1 aromatic carbocycles. The highest BCUT2D eigenvalue weighted by Crippen LogP contribution is 2.42. The number of carbonyl (C=O) groups is 1. The molecule has 0 fully saturated rings. The zero-order valence-corrected chi connectivity index (χ0v) is 16.1. The Morgan fingerprint density at radius 3 is 2.93 bits per heavy atom. The first-order chi connectivity index (χ1) is 13.0. The Morgan fingerprint density at radius 1 is 1.48 bits per heavy atom. The highest BCUT2D eigenvalue weighted by atomic mass is 35.5. The molecule has 1 aliphatic heterocycles. The summed E-state index contributed by atoms with van der Waals surface area (Å²) in [6.07, 6.45) is 3.71. The van der Waals surface area contributed by atoms with Gasteiger partial charge in [0, 0.05) is 16.5 Å². The Bertz CT molecular complexity index is 865. The van der Waals surface area contributed by atoms with Gasteiger partial charge < -0.3 is 15.6 Å². The number of nitrogens with two attached hydrogens (primary N) is 1. The number of aliphatic carboxylic acids is 1. The van der Waals surface area contributed by atoms with Crippen LogP contribution in [0.15, 0.2) is 30.4 Å². The lowest BCUT2D eigenvalue weighted by atomic mass is 9.95. The molecule has 2 heterocycles. The minimum atomic E-state index is -0.969. The van der Waals surface area contributed by atoms with Gasteiger partial charge >= 0.3 is 5.97 Å². The zero-order chi connectivity index (χ0) is 19.6. The molecular formula is C19H23ClN4O3. The Kier molecular flexibility index (Phi) is 5.94. The van der Waals surface area contributed by atoms with Crippen molar-refractivity contribution in [2.45, 2.75) is 45.4 Å². The lowest BCUT2D eigenvalue weighted by Crippen LogP contribution is -2.17. The van der Waals surface area contributed by atoms with Gasteiger partial charge in [0.2, 0.25) is 0 Å². The van der Waals surface area contributed by atoms with Crippen molar-refractivity contribution in [1.82, 2.24) is 14.8 Å². The first-order valence-electron chi connectivity index (χ1n) is 8.94. The lowest BCUT2D eigenvalue weighted by molar-refractivity contribution is -0.142. The number of hydrogen-bond acceptors (Lipinski definition) is 5. The van der Waals surface area contributed by atoms with Crippen LogP contribution in [0.25, 0.3) is 5.69 Å². The normalized spacial score (nSPS) is 20.1. The molecule has 8 heteroatoms. The van der Waals surface area contributed by atoms with Crippen LogP contribution in [0.2, 0.25) is 5.02 Å². The van der Waals surface area contributed by atoms with Crippen molar-refractivity contribution in [3.05, 3.63) is 52.6 Å². The standard InChI is InChI=1S/C19H23ClN4O3/c1-3-4-5-11(2)18-13-8-12(20)6-7-14(13)24-16(10-21)22-23-19(24)15(27-18)9-17(25)26/h4-8,11,15,18H,3,9-10,21H2,1-2H3,(H,25,26)/b5-4-. The van der Waals surface area contributed by atoms with Crippen molar-refractivity contribution in [3.8, 4) is 5.69 Å². The zero-order valence-electron chi connectivity index (χ0n) is 15.3.